The van der Waals surface area contributed by atoms with Crippen LogP contribution in [0.25, 0.3) is 22.0 Å². The molecule has 0 unspecified atom stereocenters. The first-order chi connectivity index (χ1) is 16.6. The first-order valence-corrected chi connectivity index (χ1v) is 14.1. The zero-order chi connectivity index (χ0) is 23.5. The quantitative estimate of drug-likeness (QED) is 0.223. The Balaban J connectivity index is 1.41. The van der Waals surface area contributed by atoms with Crippen LogP contribution >= 0.6 is 39.0 Å². The number of halogens is 1. The van der Waals surface area contributed by atoms with E-state index in [-0.39, 0.29) is 0 Å². The van der Waals surface area contributed by atoms with E-state index in [2.05, 4.69) is 60.1 Å². The van der Waals surface area contributed by atoms with Crippen molar-refractivity contribution in [1.82, 2.24) is 24.7 Å². The Morgan fingerprint density at radius 3 is 2.88 bits per heavy atom. The number of methoxy groups -OCH3 is 1. The lowest BCUT2D eigenvalue weighted by atomic mass is 9.85. The van der Waals surface area contributed by atoms with Crippen molar-refractivity contribution in [2.45, 2.75) is 49.6 Å². The lowest BCUT2D eigenvalue weighted by Gasteiger charge is -2.31. The Hall–Kier alpha value is -2.23. The molecule has 1 fully saturated rings. The Bertz CT molecular complexity index is 1260. The van der Waals surface area contributed by atoms with Gasteiger partial charge in [-0.1, -0.05) is 47.5 Å². The van der Waals surface area contributed by atoms with E-state index >= 15 is 0 Å². The molecule has 5 rings (SSSR count). The first kappa shape index (κ1) is 23.5. The third-order valence-electron chi connectivity index (χ3n) is 6.27. The van der Waals surface area contributed by atoms with Crippen LogP contribution in [0.1, 0.15) is 44.3 Å². The van der Waals surface area contributed by atoms with Gasteiger partial charge in [0.15, 0.2) is 11.0 Å². The molecule has 0 N–H and O–H groups in total. The largest absolute Gasteiger partial charge is 0.496 e. The number of hydrogen-bond acceptors (Lipinski definition) is 7. The van der Waals surface area contributed by atoms with Crippen LogP contribution in [0.15, 0.2) is 57.7 Å². The lowest BCUT2D eigenvalue weighted by molar-refractivity contribution is 0.247. The Morgan fingerprint density at radius 1 is 1.21 bits per heavy atom. The molecule has 0 aliphatic heterocycles. The molecule has 0 bridgehead atoms. The molecule has 1 aliphatic carbocycles. The summed E-state index contributed by atoms with van der Waals surface area (Å²) in [6.45, 7) is 2.35. The second-order valence-corrected chi connectivity index (χ2v) is 11.2. The summed E-state index contributed by atoms with van der Waals surface area (Å²) < 4.78 is 8.91. The fraction of sp³-hybridized carbons (Fsp3) is 0.360. The maximum atomic E-state index is 5.54. The average Bonchev–Trinajstić information content (AvgIpc) is 3.51. The van der Waals surface area contributed by atoms with Gasteiger partial charge in [-0.05, 0) is 49.1 Å². The average molecular weight is 557 g/mol. The summed E-state index contributed by atoms with van der Waals surface area (Å²) in [5, 5.41) is 13.2. The molecule has 2 atom stereocenters. The predicted molar refractivity (Wildman–Crippen MR) is 141 cm³/mol. The predicted octanol–water partition coefficient (Wildman–Crippen LogP) is 7.28. The number of rotatable bonds is 7. The van der Waals surface area contributed by atoms with E-state index in [0.717, 1.165) is 55.2 Å². The third kappa shape index (κ3) is 4.92. The van der Waals surface area contributed by atoms with E-state index in [4.69, 9.17) is 9.72 Å². The van der Waals surface area contributed by atoms with Crippen molar-refractivity contribution < 1.29 is 4.74 Å². The zero-order valence-corrected chi connectivity index (χ0v) is 22.4. The van der Waals surface area contributed by atoms with Crippen LogP contribution in [-0.2, 0) is 5.75 Å². The number of thiazole rings is 1. The molecule has 0 amide bonds. The van der Waals surface area contributed by atoms with Crippen LogP contribution < -0.4 is 4.74 Å². The van der Waals surface area contributed by atoms with Crippen molar-refractivity contribution >= 4 is 39.0 Å². The molecular weight excluding hydrogens is 530 g/mol. The highest BCUT2D eigenvalue weighted by Gasteiger charge is 2.28. The maximum absolute atomic E-state index is 5.54. The van der Waals surface area contributed by atoms with E-state index in [1.165, 1.54) is 19.3 Å². The van der Waals surface area contributed by atoms with Crippen molar-refractivity contribution in [2.75, 3.05) is 7.11 Å². The van der Waals surface area contributed by atoms with Crippen LogP contribution in [0.3, 0.4) is 0 Å². The van der Waals surface area contributed by atoms with E-state index < -0.39 is 0 Å². The topological polar surface area (TPSA) is 65.7 Å². The fourth-order valence-corrected chi connectivity index (χ4v) is 6.72. The normalized spacial score (nSPS) is 18.2. The number of pyridine rings is 1. The van der Waals surface area contributed by atoms with Crippen molar-refractivity contribution in [2.24, 2.45) is 5.92 Å². The van der Waals surface area contributed by atoms with Crippen LogP contribution in [0.4, 0.5) is 0 Å². The van der Waals surface area contributed by atoms with Gasteiger partial charge in [0.1, 0.15) is 10.8 Å². The zero-order valence-electron chi connectivity index (χ0n) is 19.1. The number of aromatic nitrogens is 5. The molecule has 1 aromatic carbocycles. The molecular formula is C25H26BrN5OS2. The smallest absolute Gasteiger partial charge is 0.192 e. The minimum Gasteiger partial charge on any atom is -0.496 e. The number of ether oxygens (including phenoxy) is 1. The molecule has 34 heavy (non-hydrogen) atoms. The number of benzene rings is 1. The summed E-state index contributed by atoms with van der Waals surface area (Å²) in [6, 6.07) is 10.4. The molecule has 1 saturated carbocycles. The maximum Gasteiger partial charge on any atom is 0.192 e. The highest BCUT2D eigenvalue weighted by Crippen LogP contribution is 2.40. The Labute approximate surface area is 216 Å². The molecule has 0 radical (unpaired) electrons. The van der Waals surface area contributed by atoms with Gasteiger partial charge in [-0.3, -0.25) is 9.55 Å². The molecule has 3 heterocycles. The number of hydrogen-bond donors (Lipinski definition) is 0. The van der Waals surface area contributed by atoms with Crippen LogP contribution in [0.2, 0.25) is 0 Å². The second-order valence-electron chi connectivity index (χ2n) is 8.52. The van der Waals surface area contributed by atoms with E-state index in [9.17, 15) is 0 Å². The SMILES string of the molecule is COc1ccc(Br)cc1-c1nc(CSc2nnc(-c3cccnc3)n2[C@H]2CCCC[C@@H]2C)cs1. The Morgan fingerprint density at radius 2 is 2.09 bits per heavy atom. The van der Waals surface area contributed by atoms with E-state index in [1.54, 1.807) is 36.4 Å². The van der Waals surface area contributed by atoms with E-state index in [0.29, 0.717) is 12.0 Å². The Kier molecular flexibility index (Phi) is 7.32. The van der Waals surface area contributed by atoms with Gasteiger partial charge in [-0.2, -0.15) is 0 Å². The second kappa shape index (κ2) is 10.6. The molecule has 0 saturated heterocycles. The van der Waals surface area contributed by atoms with Gasteiger partial charge >= 0.3 is 0 Å². The van der Waals surface area contributed by atoms with Crippen LogP contribution in [-0.4, -0.2) is 31.8 Å². The summed E-state index contributed by atoms with van der Waals surface area (Å²) >= 11 is 6.90. The summed E-state index contributed by atoms with van der Waals surface area (Å²) in [6.07, 6.45) is 8.61. The minimum atomic E-state index is 0.401. The minimum absolute atomic E-state index is 0.401. The number of nitrogens with zero attached hydrogens (tertiary/aromatic N) is 5. The highest BCUT2D eigenvalue weighted by atomic mass is 79.9. The van der Waals surface area contributed by atoms with Crippen LogP contribution in [0, 0.1) is 5.92 Å². The molecule has 9 heteroatoms. The third-order valence-corrected chi connectivity index (χ3v) is 8.67. The fourth-order valence-electron chi connectivity index (χ4n) is 4.53. The van der Waals surface area contributed by atoms with Gasteiger partial charge in [0.2, 0.25) is 0 Å². The van der Waals surface area contributed by atoms with Crippen LogP contribution in [0.5, 0.6) is 5.75 Å². The van der Waals surface area contributed by atoms with Crippen molar-refractivity contribution in [3.63, 3.8) is 0 Å². The van der Waals surface area contributed by atoms with Gasteiger partial charge in [0.25, 0.3) is 0 Å². The van der Waals surface area contributed by atoms with Gasteiger partial charge in [-0.15, -0.1) is 21.5 Å². The lowest BCUT2D eigenvalue weighted by Crippen LogP contribution is -2.22. The van der Waals surface area contributed by atoms with Gasteiger partial charge < -0.3 is 4.74 Å². The summed E-state index contributed by atoms with van der Waals surface area (Å²) in [5.41, 5.74) is 3.04. The van der Waals surface area contributed by atoms with E-state index in [1.807, 2.05) is 24.4 Å². The monoisotopic (exact) mass is 555 g/mol. The molecule has 6 nitrogen and oxygen atoms in total. The number of thioether (sulfide) groups is 1. The standard InChI is InChI=1S/C25H26BrN5OS2/c1-16-6-3-4-8-21(16)31-23(17-7-5-11-27-13-17)29-30-25(31)34-15-19-14-33-24(28-19)20-12-18(26)9-10-22(20)32-2/h5,7,9-14,16,21H,3-4,6,8,15H2,1-2H3/t16-,21-/m0/s1. The summed E-state index contributed by atoms with van der Waals surface area (Å²) in [4.78, 5) is 9.21. The highest BCUT2D eigenvalue weighted by molar-refractivity contribution is 9.10. The summed E-state index contributed by atoms with van der Waals surface area (Å²) in [5.74, 6) is 3.06. The molecule has 1 aliphatic rings. The molecule has 176 valence electrons. The van der Waals surface area contributed by atoms with Gasteiger partial charge in [0, 0.05) is 39.6 Å². The van der Waals surface area contributed by atoms with Gasteiger partial charge in [0.05, 0.1) is 18.4 Å². The molecule has 4 aromatic rings. The summed E-state index contributed by atoms with van der Waals surface area (Å²) in [7, 11) is 1.69. The molecule has 0 spiro atoms. The first-order valence-electron chi connectivity index (χ1n) is 11.4. The molecule has 3 aromatic heterocycles. The van der Waals surface area contributed by atoms with Gasteiger partial charge in [-0.25, -0.2) is 4.98 Å². The van der Waals surface area contributed by atoms with Crippen molar-refractivity contribution in [3.8, 4) is 27.7 Å². The van der Waals surface area contributed by atoms with Crippen molar-refractivity contribution in [3.05, 3.63) is 58.3 Å². The van der Waals surface area contributed by atoms with Crippen molar-refractivity contribution in [1.29, 1.82) is 0 Å².